The number of aryl methyl sites for hydroxylation is 2. The molecule has 6 rings (SSSR count). The Hall–Kier alpha value is -6.52. The van der Waals surface area contributed by atoms with Crippen LogP contribution in [0.2, 0.25) is 0 Å². The summed E-state index contributed by atoms with van der Waals surface area (Å²) in [7, 11) is 0. The average Bonchev–Trinajstić information content (AvgIpc) is 3.11. The normalized spacial score (nSPS) is 12.0. The van der Waals surface area contributed by atoms with Crippen LogP contribution < -0.4 is 32.7 Å². The van der Waals surface area contributed by atoms with E-state index in [0.717, 1.165) is 33.0 Å². The highest BCUT2D eigenvalue weighted by atomic mass is 16.3. The molecule has 16 heteroatoms. The van der Waals surface area contributed by atoms with Crippen molar-refractivity contribution in [3.8, 4) is 22.5 Å². The summed E-state index contributed by atoms with van der Waals surface area (Å²) in [6.07, 6.45) is 10.1. The lowest BCUT2D eigenvalue weighted by Crippen LogP contribution is -2.38. The molecular weight excluding hydrogens is 664 g/mol. The number of nitrogens with one attached hydrogen (secondary N) is 4. The van der Waals surface area contributed by atoms with E-state index in [1.807, 2.05) is 38.1 Å². The molecule has 2 atom stereocenters. The van der Waals surface area contributed by atoms with Gasteiger partial charge >= 0.3 is 12.1 Å². The van der Waals surface area contributed by atoms with E-state index >= 15 is 0 Å². The maximum absolute atomic E-state index is 11.9. The molecule has 0 bridgehead atoms. The van der Waals surface area contributed by atoms with Gasteiger partial charge in [0.25, 0.3) is 0 Å². The number of anilines is 4. The molecule has 52 heavy (non-hydrogen) atoms. The van der Waals surface area contributed by atoms with Gasteiger partial charge in [-0.15, -0.1) is 0 Å². The number of hydrogen-bond donors (Lipinski definition) is 8. The lowest BCUT2D eigenvalue weighted by atomic mass is 10.1. The van der Waals surface area contributed by atoms with Crippen LogP contribution in [0.3, 0.4) is 0 Å². The van der Waals surface area contributed by atoms with E-state index in [4.69, 9.17) is 21.7 Å². The van der Waals surface area contributed by atoms with Crippen LogP contribution in [0.25, 0.3) is 44.1 Å². The van der Waals surface area contributed by atoms with Crippen molar-refractivity contribution < 1.29 is 19.8 Å². The molecular formula is C36H40N12O4. The summed E-state index contributed by atoms with van der Waals surface area (Å²) in [5, 5.41) is 31.5. The van der Waals surface area contributed by atoms with Gasteiger partial charge in [0, 0.05) is 59.1 Å². The number of carbonyl (C=O) groups is 2. The number of carbonyl (C=O) groups excluding carboxylic acids is 2. The first-order chi connectivity index (χ1) is 24.9. The van der Waals surface area contributed by atoms with E-state index in [2.05, 4.69) is 51.2 Å². The van der Waals surface area contributed by atoms with Crippen LogP contribution in [0.5, 0.6) is 0 Å². The number of pyridine rings is 6. The number of rotatable bonds is 8. The van der Waals surface area contributed by atoms with Gasteiger partial charge in [0.15, 0.2) is 0 Å². The molecule has 6 aromatic rings. The van der Waals surface area contributed by atoms with Gasteiger partial charge in [-0.2, -0.15) is 0 Å². The quantitative estimate of drug-likeness (QED) is 0.111. The number of amides is 4. The smallest absolute Gasteiger partial charge is 0.320 e. The highest BCUT2D eigenvalue weighted by Gasteiger charge is 2.13. The van der Waals surface area contributed by atoms with Crippen LogP contribution in [0.4, 0.5) is 32.9 Å². The first-order valence-corrected chi connectivity index (χ1v) is 16.3. The Morgan fingerprint density at radius 1 is 0.673 bits per heavy atom. The molecule has 0 aliphatic heterocycles. The highest BCUT2D eigenvalue weighted by molar-refractivity contribution is 5.98. The molecule has 0 radical (unpaired) electrons. The topological polar surface area (TPSA) is 252 Å². The van der Waals surface area contributed by atoms with Gasteiger partial charge < -0.3 is 32.3 Å². The summed E-state index contributed by atoms with van der Waals surface area (Å²) in [5.41, 5.74) is 17.4. The number of nitrogens with zero attached hydrogens (tertiary/aromatic N) is 6. The molecule has 0 saturated heterocycles. The van der Waals surface area contributed by atoms with Gasteiger partial charge in [-0.3, -0.25) is 20.6 Å². The van der Waals surface area contributed by atoms with Crippen molar-refractivity contribution in [3.63, 3.8) is 0 Å². The van der Waals surface area contributed by atoms with Gasteiger partial charge in [0.05, 0.1) is 36.7 Å². The first kappa shape index (κ1) is 36.8. The van der Waals surface area contributed by atoms with Crippen molar-refractivity contribution in [2.75, 3.05) is 35.3 Å². The molecule has 4 amide bonds. The van der Waals surface area contributed by atoms with Crippen molar-refractivity contribution in [1.82, 2.24) is 40.5 Å². The fourth-order valence-corrected chi connectivity index (χ4v) is 5.07. The van der Waals surface area contributed by atoms with E-state index in [1.165, 1.54) is 0 Å². The number of hydrogen-bond acceptors (Lipinski definition) is 12. The third kappa shape index (κ3) is 8.98. The zero-order valence-corrected chi connectivity index (χ0v) is 29.0. The predicted molar refractivity (Wildman–Crippen MR) is 201 cm³/mol. The Morgan fingerprint density at radius 2 is 1.08 bits per heavy atom. The fourth-order valence-electron chi connectivity index (χ4n) is 5.07. The summed E-state index contributed by atoms with van der Waals surface area (Å²) in [6.45, 7) is 7.06. The van der Waals surface area contributed by atoms with Crippen LogP contribution in [0.15, 0.2) is 73.6 Å². The maximum Gasteiger partial charge on any atom is 0.320 e. The third-order valence-electron chi connectivity index (χ3n) is 7.91. The van der Waals surface area contributed by atoms with Gasteiger partial charge in [-0.25, -0.2) is 29.5 Å². The molecule has 0 aromatic carbocycles. The molecule has 0 spiro atoms. The van der Waals surface area contributed by atoms with Crippen LogP contribution in [0, 0.1) is 13.8 Å². The molecule has 0 unspecified atom stereocenters. The number of aliphatic hydroxyl groups is 2. The van der Waals surface area contributed by atoms with Gasteiger partial charge in [-0.05, 0) is 86.0 Å². The monoisotopic (exact) mass is 704 g/mol. The number of urea groups is 2. The van der Waals surface area contributed by atoms with Crippen molar-refractivity contribution in [1.29, 1.82) is 0 Å². The van der Waals surface area contributed by atoms with Crippen LogP contribution in [-0.4, -0.2) is 77.5 Å². The number of fused-ring (bicyclic) bond motifs is 2. The summed E-state index contributed by atoms with van der Waals surface area (Å²) in [4.78, 5) is 49.4. The highest BCUT2D eigenvalue weighted by Crippen LogP contribution is 2.30. The zero-order chi connectivity index (χ0) is 37.4. The van der Waals surface area contributed by atoms with Crippen molar-refractivity contribution in [2.45, 2.75) is 39.8 Å². The standard InChI is InChI=1S/2C18H20N6O2/c2*1-10-3-4-20-7-13(10)15-5-12-6-16(21-8-14(12)17(19)23-15)24-18(26)22-11(2)9-25/h2*3-8,11,25H,9H2,1-2H3,(H2,19,23)(H2,21,22,24,26)/t2*11-/m10/s1. The van der Waals surface area contributed by atoms with Crippen molar-refractivity contribution >= 4 is 56.9 Å². The Morgan fingerprint density at radius 3 is 1.44 bits per heavy atom. The summed E-state index contributed by atoms with van der Waals surface area (Å²) in [6, 6.07) is 9.46. The molecule has 0 saturated carbocycles. The molecule has 6 heterocycles. The molecule has 16 nitrogen and oxygen atoms in total. The van der Waals surface area contributed by atoms with E-state index < -0.39 is 12.1 Å². The predicted octanol–water partition coefficient (Wildman–Crippen LogP) is 4.17. The number of nitrogen functional groups attached to an aromatic ring is 2. The Kier molecular flexibility index (Phi) is 11.6. The average molecular weight is 705 g/mol. The Labute approximate surface area is 299 Å². The van der Waals surface area contributed by atoms with E-state index in [-0.39, 0.29) is 25.3 Å². The molecule has 10 N–H and O–H groups in total. The largest absolute Gasteiger partial charge is 0.394 e. The second-order valence-electron chi connectivity index (χ2n) is 12.1. The Balaban J connectivity index is 0.000000201. The second kappa shape index (κ2) is 16.5. The van der Waals surface area contributed by atoms with Gasteiger partial charge in [0.2, 0.25) is 0 Å². The summed E-state index contributed by atoms with van der Waals surface area (Å²) >= 11 is 0. The minimum Gasteiger partial charge on any atom is -0.394 e. The molecule has 0 fully saturated rings. The first-order valence-electron chi connectivity index (χ1n) is 16.3. The maximum atomic E-state index is 11.9. The van der Waals surface area contributed by atoms with E-state index in [9.17, 15) is 9.59 Å². The lowest BCUT2D eigenvalue weighted by Gasteiger charge is -2.12. The number of nitrogens with two attached hydrogens (primary N) is 2. The second-order valence-corrected chi connectivity index (χ2v) is 12.1. The zero-order valence-electron chi connectivity index (χ0n) is 29.0. The van der Waals surface area contributed by atoms with Crippen molar-refractivity contribution in [3.05, 3.63) is 84.7 Å². The molecule has 268 valence electrons. The van der Waals surface area contributed by atoms with Gasteiger partial charge in [0.1, 0.15) is 23.3 Å². The summed E-state index contributed by atoms with van der Waals surface area (Å²) < 4.78 is 0. The lowest BCUT2D eigenvalue weighted by molar-refractivity contribution is 0.229. The van der Waals surface area contributed by atoms with Crippen molar-refractivity contribution in [2.24, 2.45) is 0 Å². The molecule has 6 aromatic heterocycles. The Bertz CT molecular complexity index is 2080. The van der Waals surface area contributed by atoms with E-state index in [0.29, 0.717) is 45.4 Å². The molecule has 0 aliphatic rings. The van der Waals surface area contributed by atoms with Gasteiger partial charge in [-0.1, -0.05) is 0 Å². The van der Waals surface area contributed by atoms with Crippen LogP contribution in [0.1, 0.15) is 25.0 Å². The van der Waals surface area contributed by atoms with Crippen LogP contribution in [-0.2, 0) is 0 Å². The third-order valence-corrected chi connectivity index (χ3v) is 7.91. The molecule has 0 aliphatic carbocycles. The SMILES string of the molecule is Cc1ccncc1-c1cc2cc(NC(=O)N[C@@H](C)CO)ncc2c(N)n1.Cc1ccncc1-c1cc2cc(NC(=O)N[C@H](C)CO)ncc2c(N)n1. The summed E-state index contributed by atoms with van der Waals surface area (Å²) in [5.74, 6) is 1.47. The number of aromatic nitrogens is 6. The van der Waals surface area contributed by atoms with E-state index in [1.54, 1.807) is 63.2 Å². The number of aliphatic hydroxyl groups excluding tert-OH is 2. The minimum atomic E-state index is -0.441. The fraction of sp³-hybridized carbons (Fsp3) is 0.222. The van der Waals surface area contributed by atoms with Crippen LogP contribution >= 0.6 is 0 Å². The minimum absolute atomic E-state index is 0.144.